The molecule has 1 aliphatic heterocycles. The minimum Gasteiger partial charge on any atom is -0.481 e. The predicted molar refractivity (Wildman–Crippen MR) is 61.3 cm³/mol. The maximum atomic E-state index is 11.6. The van der Waals surface area contributed by atoms with Crippen LogP contribution in [-0.2, 0) is 9.63 Å². The zero-order valence-electron chi connectivity index (χ0n) is 10.3. The van der Waals surface area contributed by atoms with Crippen LogP contribution in [0.2, 0.25) is 0 Å². The van der Waals surface area contributed by atoms with E-state index < -0.39 is 18.0 Å². The Kier molecular flexibility index (Phi) is 5.21. The van der Waals surface area contributed by atoms with Crippen LogP contribution in [0.5, 0.6) is 0 Å². The summed E-state index contributed by atoms with van der Waals surface area (Å²) in [6, 6.07) is 0. The monoisotopic (exact) mass is 244 g/mol. The van der Waals surface area contributed by atoms with Gasteiger partial charge in [-0.3, -0.25) is 4.79 Å². The molecule has 17 heavy (non-hydrogen) atoms. The number of carbonyl (C=O) groups excluding carboxylic acids is 1. The van der Waals surface area contributed by atoms with Crippen LogP contribution in [0.15, 0.2) is 0 Å². The van der Waals surface area contributed by atoms with Gasteiger partial charge in [-0.25, -0.2) is 4.79 Å². The first-order valence-electron chi connectivity index (χ1n) is 5.92. The quantitative estimate of drug-likeness (QED) is 0.723. The third kappa shape index (κ3) is 4.60. The molecule has 6 nitrogen and oxygen atoms in total. The number of piperidine rings is 1. The van der Waals surface area contributed by atoms with Crippen molar-refractivity contribution in [1.29, 1.82) is 0 Å². The largest absolute Gasteiger partial charge is 0.481 e. The van der Waals surface area contributed by atoms with Crippen molar-refractivity contribution in [1.82, 2.24) is 10.4 Å². The fourth-order valence-electron chi connectivity index (χ4n) is 1.68. The average molecular weight is 244 g/mol. The van der Waals surface area contributed by atoms with Crippen molar-refractivity contribution in [2.24, 2.45) is 11.8 Å². The van der Waals surface area contributed by atoms with Crippen LogP contribution < -0.4 is 5.48 Å². The Balaban J connectivity index is 2.33. The smallest absolute Gasteiger partial charge is 0.428 e. The van der Waals surface area contributed by atoms with Crippen molar-refractivity contribution in [2.45, 2.75) is 26.7 Å². The van der Waals surface area contributed by atoms with Crippen molar-refractivity contribution < 1.29 is 19.5 Å². The molecule has 1 amide bonds. The zero-order chi connectivity index (χ0) is 12.8. The molecule has 0 aromatic rings. The standard InChI is InChI=1S/C11H20N2O4/c1-8(2)6-12-17-11(16)13-5-3-4-9(7-13)10(14)15/h8-9,12H,3-7H2,1-2H3,(H,14,15). The van der Waals surface area contributed by atoms with E-state index in [4.69, 9.17) is 9.94 Å². The molecule has 0 aromatic heterocycles. The molecule has 98 valence electrons. The van der Waals surface area contributed by atoms with Gasteiger partial charge in [-0.2, -0.15) is 5.48 Å². The minimum absolute atomic E-state index is 0.234. The molecular formula is C11H20N2O4. The highest BCUT2D eigenvalue weighted by molar-refractivity contribution is 5.73. The summed E-state index contributed by atoms with van der Waals surface area (Å²) in [6.07, 6.45) is 0.839. The van der Waals surface area contributed by atoms with Gasteiger partial charge < -0.3 is 14.8 Å². The van der Waals surface area contributed by atoms with Gasteiger partial charge in [0.25, 0.3) is 0 Å². The summed E-state index contributed by atoms with van der Waals surface area (Å²) < 4.78 is 0. The number of hydrogen-bond donors (Lipinski definition) is 2. The van der Waals surface area contributed by atoms with Crippen molar-refractivity contribution in [3.8, 4) is 0 Å². The molecule has 2 N–H and O–H groups in total. The molecule has 1 aliphatic rings. The molecule has 1 rings (SSSR count). The van der Waals surface area contributed by atoms with E-state index in [0.29, 0.717) is 31.8 Å². The molecule has 1 saturated heterocycles. The summed E-state index contributed by atoms with van der Waals surface area (Å²) >= 11 is 0. The van der Waals surface area contributed by atoms with E-state index >= 15 is 0 Å². The molecule has 0 aromatic carbocycles. The predicted octanol–water partition coefficient (Wildman–Crippen LogP) is 1.08. The lowest BCUT2D eigenvalue weighted by Crippen LogP contribution is -2.44. The summed E-state index contributed by atoms with van der Waals surface area (Å²) in [7, 11) is 0. The second-order valence-electron chi connectivity index (χ2n) is 4.73. The summed E-state index contributed by atoms with van der Waals surface area (Å²) in [6.45, 7) is 5.38. The van der Waals surface area contributed by atoms with Gasteiger partial charge in [0.1, 0.15) is 0 Å². The summed E-state index contributed by atoms with van der Waals surface area (Å²) in [4.78, 5) is 28.7. The highest BCUT2D eigenvalue weighted by atomic mass is 16.7. The Labute approximate surface area is 101 Å². The van der Waals surface area contributed by atoms with Gasteiger partial charge in [0, 0.05) is 19.6 Å². The van der Waals surface area contributed by atoms with E-state index in [2.05, 4.69) is 5.48 Å². The third-order valence-electron chi connectivity index (χ3n) is 2.68. The summed E-state index contributed by atoms with van der Waals surface area (Å²) in [5.41, 5.74) is 2.59. The Morgan fingerprint density at radius 3 is 2.82 bits per heavy atom. The Hall–Kier alpha value is -1.30. The number of hydroxylamine groups is 1. The van der Waals surface area contributed by atoms with E-state index in [1.165, 1.54) is 4.90 Å². The molecular weight excluding hydrogens is 224 g/mol. The van der Waals surface area contributed by atoms with Crippen molar-refractivity contribution in [3.63, 3.8) is 0 Å². The molecule has 1 unspecified atom stereocenters. The molecule has 0 spiro atoms. The number of aliphatic carboxylic acids is 1. The fraction of sp³-hybridized carbons (Fsp3) is 0.818. The number of hydrogen-bond acceptors (Lipinski definition) is 4. The average Bonchev–Trinajstić information content (AvgIpc) is 2.28. The van der Waals surface area contributed by atoms with Crippen molar-refractivity contribution in [3.05, 3.63) is 0 Å². The number of nitrogens with one attached hydrogen (secondary N) is 1. The SMILES string of the molecule is CC(C)CNOC(=O)N1CCCC(C(=O)O)C1. The molecule has 1 heterocycles. The lowest BCUT2D eigenvalue weighted by atomic mass is 9.99. The van der Waals surface area contributed by atoms with Crippen molar-refractivity contribution >= 4 is 12.1 Å². The van der Waals surface area contributed by atoms with Crippen LogP contribution in [0.4, 0.5) is 4.79 Å². The molecule has 0 aliphatic carbocycles. The van der Waals surface area contributed by atoms with Crippen LogP contribution in [-0.4, -0.2) is 41.7 Å². The highest BCUT2D eigenvalue weighted by Gasteiger charge is 2.28. The molecule has 1 fully saturated rings. The first-order valence-corrected chi connectivity index (χ1v) is 5.92. The van der Waals surface area contributed by atoms with Gasteiger partial charge in [0.05, 0.1) is 5.92 Å². The number of amides is 1. The van der Waals surface area contributed by atoms with Crippen LogP contribution >= 0.6 is 0 Å². The number of carboxylic acids is 1. The maximum Gasteiger partial charge on any atom is 0.428 e. The highest BCUT2D eigenvalue weighted by Crippen LogP contribution is 2.16. The minimum atomic E-state index is -0.849. The molecule has 6 heteroatoms. The van der Waals surface area contributed by atoms with Gasteiger partial charge in [-0.05, 0) is 18.8 Å². The van der Waals surface area contributed by atoms with Crippen molar-refractivity contribution in [2.75, 3.05) is 19.6 Å². The van der Waals surface area contributed by atoms with E-state index in [-0.39, 0.29) is 6.54 Å². The van der Waals surface area contributed by atoms with Gasteiger partial charge in [0.2, 0.25) is 0 Å². The normalized spacial score (nSPS) is 20.4. The fourth-order valence-corrected chi connectivity index (χ4v) is 1.68. The summed E-state index contributed by atoms with van der Waals surface area (Å²) in [5, 5.41) is 8.89. The van der Waals surface area contributed by atoms with E-state index in [9.17, 15) is 9.59 Å². The Morgan fingerprint density at radius 1 is 1.53 bits per heavy atom. The zero-order valence-corrected chi connectivity index (χ0v) is 10.3. The third-order valence-corrected chi connectivity index (χ3v) is 2.68. The van der Waals surface area contributed by atoms with Gasteiger partial charge in [-0.1, -0.05) is 13.8 Å². The lowest BCUT2D eigenvalue weighted by molar-refractivity contribution is -0.143. The first-order chi connectivity index (χ1) is 8.00. The van der Waals surface area contributed by atoms with Crippen LogP contribution in [0, 0.1) is 11.8 Å². The number of likely N-dealkylation sites (tertiary alicyclic amines) is 1. The Morgan fingerprint density at radius 2 is 2.24 bits per heavy atom. The number of carboxylic acid groups (broad SMARTS) is 1. The number of nitrogens with zero attached hydrogens (tertiary/aromatic N) is 1. The van der Waals surface area contributed by atoms with Crippen LogP contribution in [0.25, 0.3) is 0 Å². The lowest BCUT2D eigenvalue weighted by Gasteiger charge is -2.29. The molecule has 0 saturated carbocycles. The Bertz CT molecular complexity index is 281. The molecule has 1 atom stereocenters. The van der Waals surface area contributed by atoms with Gasteiger partial charge in [-0.15, -0.1) is 0 Å². The van der Waals surface area contributed by atoms with E-state index in [0.717, 1.165) is 0 Å². The summed E-state index contributed by atoms with van der Waals surface area (Å²) in [5.74, 6) is -0.935. The van der Waals surface area contributed by atoms with E-state index in [1.54, 1.807) is 0 Å². The number of rotatable bonds is 4. The van der Waals surface area contributed by atoms with Gasteiger partial charge in [0.15, 0.2) is 0 Å². The number of carbonyl (C=O) groups is 2. The van der Waals surface area contributed by atoms with Crippen LogP contribution in [0.3, 0.4) is 0 Å². The molecule has 0 bridgehead atoms. The maximum absolute atomic E-state index is 11.6. The van der Waals surface area contributed by atoms with Gasteiger partial charge >= 0.3 is 12.1 Å². The van der Waals surface area contributed by atoms with E-state index in [1.807, 2.05) is 13.8 Å². The first kappa shape index (κ1) is 13.8. The van der Waals surface area contributed by atoms with Crippen LogP contribution in [0.1, 0.15) is 26.7 Å². The second-order valence-corrected chi connectivity index (χ2v) is 4.73. The topological polar surface area (TPSA) is 78.9 Å². The second kappa shape index (κ2) is 6.44. The molecule has 0 radical (unpaired) electrons.